The van der Waals surface area contributed by atoms with Crippen molar-refractivity contribution in [3.05, 3.63) is 53.1 Å². The van der Waals surface area contributed by atoms with Crippen LogP contribution in [-0.4, -0.2) is 44.5 Å². The van der Waals surface area contributed by atoms with Gasteiger partial charge in [0.15, 0.2) is 0 Å². The summed E-state index contributed by atoms with van der Waals surface area (Å²) in [6.07, 6.45) is 0.408. The number of hydrogen-bond acceptors (Lipinski definition) is 5. The Morgan fingerprint density at radius 1 is 1.11 bits per heavy atom. The van der Waals surface area contributed by atoms with Crippen LogP contribution in [0.1, 0.15) is 16.8 Å². The average Bonchev–Trinajstić information content (AvgIpc) is 2.61. The summed E-state index contributed by atoms with van der Waals surface area (Å²) < 4.78 is 0.586. The normalized spacial score (nSPS) is 11.0. The highest BCUT2D eigenvalue weighted by atomic mass is 35.5. The third kappa shape index (κ3) is 7.65. The second kappa shape index (κ2) is 10.8. The number of carbonyl (C=O) groups is 1. The van der Waals surface area contributed by atoms with Crippen molar-refractivity contribution in [1.82, 2.24) is 0 Å². The number of azo groups is 1. The van der Waals surface area contributed by atoms with E-state index in [1.165, 1.54) is 0 Å². The van der Waals surface area contributed by atoms with E-state index in [1.807, 2.05) is 21.1 Å². The molecule has 2 aromatic carbocycles. The molecule has 0 aliphatic heterocycles. The van der Waals surface area contributed by atoms with E-state index in [-0.39, 0.29) is 18.2 Å². The Kier molecular flexibility index (Phi) is 9.07. The zero-order valence-electron chi connectivity index (χ0n) is 16.1. The molecule has 2 aromatic rings. The number of benzene rings is 2. The lowest BCUT2D eigenvalue weighted by Crippen LogP contribution is -3.00. The second-order valence-electron chi connectivity index (χ2n) is 7.12. The maximum absolute atomic E-state index is 12.2. The molecular weight excluding hydrogens is 397 g/mol. The SMILES string of the molecule is C[N+](C)(C)CC(=O)c1ccc(N=Nc2ccc(NCCC#N)c(Cl)c2)cc1.[Cl-]. The van der Waals surface area contributed by atoms with Crippen molar-refractivity contribution in [3.8, 4) is 6.07 Å². The highest BCUT2D eigenvalue weighted by molar-refractivity contribution is 6.33. The Bertz CT molecular complexity index is 868. The van der Waals surface area contributed by atoms with Gasteiger partial charge < -0.3 is 22.2 Å². The fourth-order valence-electron chi connectivity index (χ4n) is 2.31. The molecule has 0 spiro atoms. The van der Waals surface area contributed by atoms with Gasteiger partial charge >= 0.3 is 0 Å². The van der Waals surface area contributed by atoms with Gasteiger partial charge in [-0.05, 0) is 42.5 Å². The fraction of sp³-hybridized carbons (Fsp3) is 0.300. The molecule has 0 aliphatic rings. The van der Waals surface area contributed by atoms with Gasteiger partial charge in [0.2, 0.25) is 5.78 Å². The van der Waals surface area contributed by atoms with Gasteiger partial charge in [-0.25, -0.2) is 0 Å². The molecule has 0 atom stereocenters. The van der Waals surface area contributed by atoms with Crippen molar-refractivity contribution in [3.63, 3.8) is 0 Å². The number of nitrogens with zero attached hydrogens (tertiary/aromatic N) is 4. The lowest BCUT2D eigenvalue weighted by molar-refractivity contribution is -0.861. The molecule has 0 radical (unpaired) electrons. The van der Waals surface area contributed by atoms with E-state index in [1.54, 1.807) is 42.5 Å². The predicted molar refractivity (Wildman–Crippen MR) is 108 cm³/mol. The van der Waals surface area contributed by atoms with Crippen LogP contribution in [0.2, 0.25) is 5.02 Å². The zero-order valence-corrected chi connectivity index (χ0v) is 17.6. The lowest BCUT2D eigenvalue weighted by Gasteiger charge is -2.22. The molecule has 148 valence electrons. The Balaban J connectivity index is 0.00000392. The molecule has 0 heterocycles. The molecule has 0 bridgehead atoms. The number of likely N-dealkylation sites (N-methyl/N-ethyl adjacent to an activating group) is 1. The van der Waals surface area contributed by atoms with Crippen LogP contribution in [0.5, 0.6) is 0 Å². The van der Waals surface area contributed by atoms with Crippen LogP contribution >= 0.6 is 11.6 Å². The molecular formula is C20H23Cl2N5O. The van der Waals surface area contributed by atoms with Crippen LogP contribution in [0.3, 0.4) is 0 Å². The van der Waals surface area contributed by atoms with Crippen molar-refractivity contribution >= 4 is 34.4 Å². The third-order valence-corrected chi connectivity index (χ3v) is 3.91. The molecule has 0 aliphatic carbocycles. The van der Waals surface area contributed by atoms with Crippen molar-refractivity contribution < 1.29 is 21.7 Å². The average molecular weight is 420 g/mol. The number of nitrogens with one attached hydrogen (secondary N) is 1. The van der Waals surface area contributed by atoms with Gasteiger partial charge in [-0.2, -0.15) is 15.5 Å². The Morgan fingerprint density at radius 3 is 2.29 bits per heavy atom. The number of carbonyl (C=O) groups excluding carboxylic acids is 1. The minimum Gasteiger partial charge on any atom is -1.00 e. The molecule has 8 heteroatoms. The number of hydrogen-bond donors (Lipinski definition) is 1. The van der Waals surface area contributed by atoms with E-state index >= 15 is 0 Å². The van der Waals surface area contributed by atoms with Gasteiger partial charge in [-0.1, -0.05) is 11.6 Å². The monoisotopic (exact) mass is 419 g/mol. The number of nitriles is 1. The first-order valence-electron chi connectivity index (χ1n) is 8.54. The number of quaternary nitrogens is 1. The summed E-state index contributed by atoms with van der Waals surface area (Å²) in [5.41, 5.74) is 2.70. The van der Waals surface area contributed by atoms with Gasteiger partial charge in [-0.3, -0.25) is 4.79 Å². The van der Waals surface area contributed by atoms with Crippen LogP contribution in [0.4, 0.5) is 17.1 Å². The third-order valence-electron chi connectivity index (χ3n) is 3.59. The van der Waals surface area contributed by atoms with Crippen molar-refractivity contribution in [2.75, 3.05) is 39.5 Å². The van der Waals surface area contributed by atoms with Crippen LogP contribution in [-0.2, 0) is 0 Å². The summed E-state index contributed by atoms with van der Waals surface area (Å²) in [7, 11) is 5.95. The van der Waals surface area contributed by atoms with E-state index in [0.29, 0.717) is 46.0 Å². The molecule has 2 rings (SSSR count). The summed E-state index contributed by atoms with van der Waals surface area (Å²) in [5.74, 6) is 0.0947. The van der Waals surface area contributed by atoms with Crippen LogP contribution in [0, 0.1) is 11.3 Å². The summed E-state index contributed by atoms with van der Waals surface area (Å²) in [5, 5.41) is 20.5. The van der Waals surface area contributed by atoms with E-state index in [2.05, 4.69) is 21.6 Å². The summed E-state index contributed by atoms with van der Waals surface area (Å²) in [6, 6.07) is 14.4. The van der Waals surface area contributed by atoms with Crippen LogP contribution in [0.15, 0.2) is 52.7 Å². The largest absolute Gasteiger partial charge is 1.00 e. The quantitative estimate of drug-likeness (QED) is 0.307. The number of rotatable bonds is 8. The van der Waals surface area contributed by atoms with E-state index < -0.39 is 0 Å². The van der Waals surface area contributed by atoms with Gasteiger partial charge in [0.1, 0.15) is 6.54 Å². The van der Waals surface area contributed by atoms with Crippen LogP contribution in [0.25, 0.3) is 0 Å². The molecule has 0 unspecified atom stereocenters. The number of ketones is 1. The molecule has 0 amide bonds. The summed E-state index contributed by atoms with van der Waals surface area (Å²) in [4.78, 5) is 12.2. The van der Waals surface area contributed by atoms with E-state index in [0.717, 1.165) is 5.69 Å². The highest BCUT2D eigenvalue weighted by Crippen LogP contribution is 2.28. The molecule has 0 saturated heterocycles. The smallest absolute Gasteiger partial charge is 0.216 e. The van der Waals surface area contributed by atoms with Crippen molar-refractivity contribution in [2.45, 2.75) is 6.42 Å². The molecule has 6 nitrogen and oxygen atoms in total. The first-order chi connectivity index (χ1) is 12.8. The van der Waals surface area contributed by atoms with E-state index in [4.69, 9.17) is 16.9 Å². The Morgan fingerprint density at radius 2 is 1.71 bits per heavy atom. The maximum atomic E-state index is 12.2. The van der Waals surface area contributed by atoms with Gasteiger partial charge in [0.05, 0.1) is 55.7 Å². The van der Waals surface area contributed by atoms with Crippen molar-refractivity contribution in [2.24, 2.45) is 10.2 Å². The fourth-order valence-corrected chi connectivity index (χ4v) is 2.56. The van der Waals surface area contributed by atoms with E-state index in [9.17, 15) is 4.79 Å². The minimum atomic E-state index is 0. The minimum absolute atomic E-state index is 0. The first-order valence-corrected chi connectivity index (χ1v) is 8.92. The molecule has 0 aromatic heterocycles. The van der Waals surface area contributed by atoms with Gasteiger partial charge in [0.25, 0.3) is 0 Å². The zero-order chi connectivity index (χ0) is 19.9. The summed E-state index contributed by atoms with van der Waals surface area (Å²) >= 11 is 6.21. The molecule has 28 heavy (non-hydrogen) atoms. The second-order valence-corrected chi connectivity index (χ2v) is 7.52. The standard InChI is InChI=1S/C20H22ClN5O.ClH/c1-26(2,3)14-20(27)15-5-7-16(8-6-15)24-25-17-9-10-19(18(21)13-17)23-12-4-11-22;/h5-10,13H,4,12,14H2,1-3H3;1H. The summed E-state index contributed by atoms with van der Waals surface area (Å²) in [6.45, 7) is 0.977. The number of anilines is 1. The van der Waals surface area contributed by atoms with Gasteiger partial charge in [0, 0.05) is 12.1 Å². The Labute approximate surface area is 176 Å². The highest BCUT2D eigenvalue weighted by Gasteiger charge is 2.15. The first kappa shape index (κ1) is 23.6. The molecule has 1 N–H and O–H groups in total. The van der Waals surface area contributed by atoms with Crippen LogP contribution < -0.4 is 17.7 Å². The number of Topliss-reactive ketones (excluding diaryl/α,β-unsaturated/α-hetero) is 1. The Hall–Kier alpha value is -2.46. The molecule has 0 saturated carbocycles. The predicted octanol–water partition coefficient (Wildman–Crippen LogP) is 1.97. The topological polar surface area (TPSA) is 77.6 Å². The lowest BCUT2D eigenvalue weighted by atomic mass is 10.1. The van der Waals surface area contributed by atoms with Crippen molar-refractivity contribution in [1.29, 1.82) is 5.26 Å². The maximum Gasteiger partial charge on any atom is 0.216 e. The molecule has 0 fully saturated rings. The number of halogens is 2. The van der Waals surface area contributed by atoms with Gasteiger partial charge in [-0.15, -0.1) is 0 Å².